The summed E-state index contributed by atoms with van der Waals surface area (Å²) in [7, 11) is 0. The monoisotopic (exact) mass is 296 g/mol. The second-order valence-electron chi connectivity index (χ2n) is 4.65. The van der Waals surface area contributed by atoms with E-state index in [9.17, 15) is 9.59 Å². The summed E-state index contributed by atoms with van der Waals surface area (Å²) < 4.78 is 1.91. The van der Waals surface area contributed by atoms with E-state index in [-0.39, 0.29) is 12.2 Å². The first-order valence-corrected chi connectivity index (χ1v) is 6.58. The van der Waals surface area contributed by atoms with E-state index in [0.29, 0.717) is 6.54 Å². The van der Waals surface area contributed by atoms with Gasteiger partial charge in [-0.05, 0) is 35.0 Å². The molecule has 0 aliphatic rings. The van der Waals surface area contributed by atoms with E-state index in [2.05, 4.69) is 25.6 Å². The molecule has 0 bridgehead atoms. The number of aromatic nitrogens is 6. The van der Waals surface area contributed by atoms with Gasteiger partial charge in [-0.1, -0.05) is 0 Å². The van der Waals surface area contributed by atoms with E-state index in [1.165, 1.54) is 0 Å². The molecule has 3 rings (SSSR count). The molecular weight excluding hydrogens is 284 g/mol. The van der Waals surface area contributed by atoms with E-state index in [0.717, 1.165) is 11.3 Å². The number of carbonyl (C=O) groups excluding carboxylic acids is 2. The van der Waals surface area contributed by atoms with Gasteiger partial charge >= 0.3 is 0 Å². The van der Waals surface area contributed by atoms with Crippen molar-refractivity contribution in [2.45, 2.75) is 13.0 Å². The fraction of sp³-hybridized carbons (Fsp3) is 0.143. The Morgan fingerprint density at radius 1 is 1.18 bits per heavy atom. The number of ketones is 2. The Bertz CT molecular complexity index is 779. The molecule has 0 saturated carbocycles. The topological polar surface area (TPSA) is 106 Å². The second kappa shape index (κ2) is 6.08. The predicted octanol–water partition coefficient (Wildman–Crippen LogP) is 0.439. The highest BCUT2D eigenvalue weighted by Crippen LogP contribution is 2.09. The van der Waals surface area contributed by atoms with Crippen molar-refractivity contribution in [3.8, 4) is 0 Å². The molecule has 0 amide bonds. The Morgan fingerprint density at radius 3 is 2.73 bits per heavy atom. The zero-order chi connectivity index (χ0) is 15.4. The maximum Gasteiger partial charge on any atom is 0.269 e. The first-order chi connectivity index (χ1) is 10.7. The minimum Gasteiger partial charge on any atom is -0.347 e. The molecule has 0 saturated heterocycles. The fourth-order valence-electron chi connectivity index (χ4n) is 2.08. The summed E-state index contributed by atoms with van der Waals surface area (Å²) in [6.45, 7) is 0.606. The van der Waals surface area contributed by atoms with Crippen LogP contribution in [0, 0.1) is 0 Å². The highest BCUT2D eigenvalue weighted by Gasteiger charge is 2.21. The number of rotatable bonds is 6. The molecule has 0 aliphatic heterocycles. The van der Waals surface area contributed by atoms with Crippen LogP contribution in [0.25, 0.3) is 0 Å². The lowest BCUT2D eigenvalue weighted by atomic mass is 10.1. The molecule has 110 valence electrons. The van der Waals surface area contributed by atoms with Gasteiger partial charge in [0, 0.05) is 30.8 Å². The van der Waals surface area contributed by atoms with Crippen molar-refractivity contribution >= 4 is 11.6 Å². The van der Waals surface area contributed by atoms with Gasteiger partial charge in [-0.25, -0.2) is 0 Å². The van der Waals surface area contributed by atoms with Crippen molar-refractivity contribution in [1.82, 2.24) is 30.2 Å². The van der Waals surface area contributed by atoms with Crippen molar-refractivity contribution in [2.24, 2.45) is 0 Å². The third kappa shape index (κ3) is 2.95. The summed E-state index contributed by atoms with van der Waals surface area (Å²) >= 11 is 0. The molecule has 22 heavy (non-hydrogen) atoms. The van der Waals surface area contributed by atoms with Gasteiger partial charge in [0.25, 0.3) is 5.78 Å². The zero-order valence-corrected chi connectivity index (χ0v) is 11.5. The van der Waals surface area contributed by atoms with Crippen molar-refractivity contribution in [3.63, 3.8) is 0 Å². The number of hydrogen-bond donors (Lipinski definition) is 1. The third-order valence-electron chi connectivity index (χ3n) is 3.17. The molecule has 0 aromatic carbocycles. The number of aromatic amines is 1. The first-order valence-electron chi connectivity index (χ1n) is 6.58. The highest BCUT2D eigenvalue weighted by atomic mass is 16.2. The van der Waals surface area contributed by atoms with Gasteiger partial charge in [0.2, 0.25) is 11.6 Å². The van der Waals surface area contributed by atoms with Gasteiger partial charge in [0.15, 0.2) is 0 Å². The van der Waals surface area contributed by atoms with Crippen molar-refractivity contribution in [2.75, 3.05) is 0 Å². The van der Waals surface area contributed by atoms with Gasteiger partial charge in [-0.15, -0.1) is 10.2 Å². The van der Waals surface area contributed by atoms with Gasteiger partial charge < -0.3 is 4.57 Å². The minimum atomic E-state index is -0.745. The Morgan fingerprint density at radius 2 is 2.00 bits per heavy atom. The van der Waals surface area contributed by atoms with Gasteiger partial charge in [-0.2, -0.15) is 5.21 Å². The lowest BCUT2D eigenvalue weighted by Gasteiger charge is -2.08. The summed E-state index contributed by atoms with van der Waals surface area (Å²) in [5, 5.41) is 12.5. The molecule has 0 unspecified atom stereocenters. The molecule has 0 fully saturated rings. The smallest absolute Gasteiger partial charge is 0.269 e. The van der Waals surface area contributed by atoms with Crippen LogP contribution in [0.3, 0.4) is 0 Å². The number of Topliss-reactive ketones (excluding diaryl/α,β-unsaturated/α-hetero) is 2. The Kier molecular flexibility index (Phi) is 3.82. The standard InChI is InChI=1S/C14H12N6O2/c21-12(13(22)14-16-18-19-17-14)8-11-2-1-7-20(11)9-10-3-5-15-6-4-10/h1-7H,8-9H2,(H,16,17,18,19). The van der Waals surface area contributed by atoms with Crippen LogP contribution in [0.4, 0.5) is 0 Å². The highest BCUT2D eigenvalue weighted by molar-refractivity contribution is 6.42. The predicted molar refractivity (Wildman–Crippen MR) is 75.0 cm³/mol. The molecule has 3 heterocycles. The summed E-state index contributed by atoms with van der Waals surface area (Å²) in [6.07, 6.45) is 5.28. The molecule has 0 aliphatic carbocycles. The average Bonchev–Trinajstić information content (AvgIpc) is 3.20. The lowest BCUT2D eigenvalue weighted by molar-refractivity contribution is -0.114. The van der Waals surface area contributed by atoms with Crippen LogP contribution in [0.5, 0.6) is 0 Å². The zero-order valence-electron chi connectivity index (χ0n) is 11.5. The van der Waals surface area contributed by atoms with Crippen LogP contribution in [-0.4, -0.2) is 41.7 Å². The van der Waals surface area contributed by atoms with Crippen molar-refractivity contribution in [1.29, 1.82) is 0 Å². The Hall–Kier alpha value is -3.16. The van der Waals surface area contributed by atoms with Crippen LogP contribution in [-0.2, 0) is 17.8 Å². The van der Waals surface area contributed by atoms with Gasteiger partial charge in [0.1, 0.15) is 0 Å². The summed E-state index contributed by atoms with van der Waals surface area (Å²) in [5.41, 5.74) is 1.81. The van der Waals surface area contributed by atoms with Crippen LogP contribution in [0.2, 0.25) is 0 Å². The van der Waals surface area contributed by atoms with Crippen molar-refractivity contribution in [3.05, 3.63) is 59.9 Å². The molecule has 0 atom stereocenters. The number of tetrazole rings is 1. The summed E-state index contributed by atoms with van der Waals surface area (Å²) in [5.74, 6) is -1.53. The normalized spacial score (nSPS) is 10.5. The van der Waals surface area contributed by atoms with Gasteiger partial charge in [0.05, 0.1) is 6.42 Å². The van der Waals surface area contributed by atoms with E-state index >= 15 is 0 Å². The van der Waals surface area contributed by atoms with E-state index < -0.39 is 11.6 Å². The largest absolute Gasteiger partial charge is 0.347 e. The molecule has 8 nitrogen and oxygen atoms in total. The van der Waals surface area contributed by atoms with E-state index in [4.69, 9.17) is 0 Å². The number of H-pyrrole nitrogens is 1. The molecule has 3 aromatic heterocycles. The van der Waals surface area contributed by atoms with Crippen molar-refractivity contribution < 1.29 is 9.59 Å². The second-order valence-corrected chi connectivity index (χ2v) is 4.65. The third-order valence-corrected chi connectivity index (χ3v) is 3.17. The summed E-state index contributed by atoms with van der Waals surface area (Å²) in [6, 6.07) is 7.44. The molecule has 1 N–H and O–H groups in total. The van der Waals surface area contributed by atoms with E-state index in [1.807, 2.05) is 35.0 Å². The maximum absolute atomic E-state index is 12.0. The number of carbonyl (C=O) groups is 2. The number of hydrogen-bond acceptors (Lipinski definition) is 6. The Balaban J connectivity index is 1.72. The van der Waals surface area contributed by atoms with E-state index in [1.54, 1.807) is 12.4 Å². The number of nitrogens with zero attached hydrogens (tertiary/aromatic N) is 5. The SMILES string of the molecule is O=C(Cc1cccn1Cc1ccncc1)C(=O)c1nn[nH]n1. The molecule has 0 radical (unpaired) electrons. The molecule has 8 heteroatoms. The maximum atomic E-state index is 12.0. The van der Waals surface area contributed by atoms with Crippen LogP contribution in [0.15, 0.2) is 42.9 Å². The fourth-order valence-corrected chi connectivity index (χ4v) is 2.08. The number of pyridine rings is 1. The molecular formula is C14H12N6O2. The Labute approximate surface area is 125 Å². The van der Waals surface area contributed by atoms with Gasteiger partial charge in [-0.3, -0.25) is 14.6 Å². The lowest BCUT2D eigenvalue weighted by Crippen LogP contribution is -2.20. The minimum absolute atomic E-state index is 0.00848. The average molecular weight is 296 g/mol. The van der Waals surface area contributed by atoms with Crippen LogP contribution >= 0.6 is 0 Å². The first kappa shape index (κ1) is 13.8. The quantitative estimate of drug-likeness (QED) is 0.522. The van der Waals surface area contributed by atoms with Crippen LogP contribution in [0.1, 0.15) is 21.9 Å². The summed E-state index contributed by atoms with van der Waals surface area (Å²) in [4.78, 5) is 27.8. The molecule has 0 spiro atoms. The van der Waals surface area contributed by atoms with Crippen LogP contribution < -0.4 is 0 Å². The number of nitrogens with one attached hydrogen (secondary N) is 1. The molecule has 3 aromatic rings.